The molecule has 0 aromatic heterocycles. The second kappa shape index (κ2) is 3.38. The van der Waals surface area contributed by atoms with Gasteiger partial charge in [-0.15, -0.1) is 0 Å². The highest BCUT2D eigenvalue weighted by atomic mass is 14.6. The van der Waals surface area contributed by atoms with Gasteiger partial charge >= 0.3 is 0 Å². The second-order valence-corrected chi connectivity index (χ2v) is 3.74. The summed E-state index contributed by atoms with van der Waals surface area (Å²) in [4.78, 5) is 0. The van der Waals surface area contributed by atoms with Gasteiger partial charge in [0.05, 0.1) is 0 Å². The summed E-state index contributed by atoms with van der Waals surface area (Å²) in [6.45, 7) is 0.723. The number of fused-ring (bicyclic) bond motifs is 1. The van der Waals surface area contributed by atoms with Crippen molar-refractivity contribution in [2.45, 2.75) is 25.2 Å². The number of benzene rings is 1. The van der Waals surface area contributed by atoms with Crippen molar-refractivity contribution in [3.63, 3.8) is 0 Å². The molecule has 70 valence electrons. The van der Waals surface area contributed by atoms with E-state index in [1.165, 1.54) is 24.0 Å². The van der Waals surface area contributed by atoms with Gasteiger partial charge in [0, 0.05) is 5.69 Å². The highest BCUT2D eigenvalue weighted by Gasteiger charge is 2.20. The molecule has 1 unspecified atom stereocenters. The third-order valence-corrected chi connectivity index (χ3v) is 2.92. The van der Waals surface area contributed by atoms with Gasteiger partial charge in [0.25, 0.3) is 0 Å². The highest BCUT2D eigenvalue weighted by Crippen LogP contribution is 2.34. The average molecular weight is 176 g/mol. The van der Waals surface area contributed by atoms with Crippen LogP contribution in [0.4, 0.5) is 5.69 Å². The smallest absolute Gasteiger partial charge is 0.0352 e. The van der Waals surface area contributed by atoms with Crippen LogP contribution in [-0.2, 0) is 6.42 Å². The van der Waals surface area contributed by atoms with E-state index in [0.717, 1.165) is 18.7 Å². The SMILES string of the molecule is NCC1CCCc2cccc(N)c21. The van der Waals surface area contributed by atoms with Crippen molar-refractivity contribution in [2.75, 3.05) is 12.3 Å². The van der Waals surface area contributed by atoms with Gasteiger partial charge in [-0.1, -0.05) is 12.1 Å². The first kappa shape index (κ1) is 8.57. The Hall–Kier alpha value is -1.02. The van der Waals surface area contributed by atoms with E-state index in [9.17, 15) is 0 Å². The van der Waals surface area contributed by atoms with E-state index in [1.807, 2.05) is 12.1 Å². The molecule has 1 aliphatic carbocycles. The van der Waals surface area contributed by atoms with Crippen LogP contribution < -0.4 is 11.5 Å². The number of nitrogens with two attached hydrogens (primary N) is 2. The van der Waals surface area contributed by atoms with E-state index in [1.54, 1.807) is 0 Å². The van der Waals surface area contributed by atoms with Crippen LogP contribution in [0, 0.1) is 0 Å². The summed E-state index contributed by atoms with van der Waals surface area (Å²) in [5.41, 5.74) is 15.3. The number of hydrogen-bond acceptors (Lipinski definition) is 2. The first-order chi connectivity index (χ1) is 6.33. The lowest BCUT2D eigenvalue weighted by Crippen LogP contribution is -2.19. The van der Waals surface area contributed by atoms with Crippen molar-refractivity contribution in [3.8, 4) is 0 Å². The third kappa shape index (κ3) is 1.42. The number of rotatable bonds is 1. The van der Waals surface area contributed by atoms with Gasteiger partial charge in [-0.25, -0.2) is 0 Å². The predicted molar refractivity (Wildman–Crippen MR) is 55.6 cm³/mol. The summed E-state index contributed by atoms with van der Waals surface area (Å²) in [6, 6.07) is 6.19. The van der Waals surface area contributed by atoms with Crippen molar-refractivity contribution >= 4 is 5.69 Å². The molecular formula is C11H16N2. The van der Waals surface area contributed by atoms with Gasteiger partial charge < -0.3 is 11.5 Å². The Labute approximate surface area is 78.9 Å². The quantitative estimate of drug-likeness (QED) is 0.639. The summed E-state index contributed by atoms with van der Waals surface area (Å²) < 4.78 is 0. The van der Waals surface area contributed by atoms with Crippen LogP contribution in [0.1, 0.15) is 29.9 Å². The van der Waals surface area contributed by atoms with Crippen molar-refractivity contribution in [2.24, 2.45) is 5.73 Å². The normalized spacial score (nSPS) is 21.2. The maximum atomic E-state index is 5.95. The van der Waals surface area contributed by atoms with E-state index in [-0.39, 0.29) is 0 Å². The molecule has 0 bridgehead atoms. The minimum Gasteiger partial charge on any atom is -0.398 e. The molecule has 1 atom stereocenters. The topological polar surface area (TPSA) is 52.0 Å². The van der Waals surface area contributed by atoms with E-state index in [0.29, 0.717) is 5.92 Å². The standard InChI is InChI=1S/C11H16N2/c12-7-9-5-1-3-8-4-2-6-10(13)11(8)9/h2,4,6,9H,1,3,5,7,12-13H2. The van der Waals surface area contributed by atoms with Crippen molar-refractivity contribution < 1.29 is 0 Å². The maximum absolute atomic E-state index is 5.95. The molecule has 0 radical (unpaired) electrons. The molecule has 1 aromatic carbocycles. The molecule has 4 N–H and O–H groups in total. The zero-order valence-electron chi connectivity index (χ0n) is 7.79. The minimum atomic E-state index is 0.491. The average Bonchev–Trinajstić information content (AvgIpc) is 2.17. The Morgan fingerprint density at radius 2 is 2.23 bits per heavy atom. The van der Waals surface area contributed by atoms with Crippen molar-refractivity contribution in [1.82, 2.24) is 0 Å². The zero-order chi connectivity index (χ0) is 9.26. The lowest BCUT2D eigenvalue weighted by Gasteiger charge is -2.25. The van der Waals surface area contributed by atoms with Crippen LogP contribution in [0.25, 0.3) is 0 Å². The van der Waals surface area contributed by atoms with Gasteiger partial charge in [-0.2, -0.15) is 0 Å². The molecule has 0 saturated carbocycles. The Morgan fingerprint density at radius 1 is 1.38 bits per heavy atom. The third-order valence-electron chi connectivity index (χ3n) is 2.92. The van der Waals surface area contributed by atoms with Crippen LogP contribution in [0.2, 0.25) is 0 Å². The summed E-state index contributed by atoms with van der Waals surface area (Å²) in [7, 11) is 0. The van der Waals surface area contributed by atoms with Crippen molar-refractivity contribution in [1.29, 1.82) is 0 Å². The monoisotopic (exact) mass is 176 g/mol. The van der Waals surface area contributed by atoms with Gasteiger partial charge in [0.15, 0.2) is 0 Å². The largest absolute Gasteiger partial charge is 0.398 e. The van der Waals surface area contributed by atoms with Gasteiger partial charge in [0.2, 0.25) is 0 Å². The summed E-state index contributed by atoms with van der Waals surface area (Å²) in [5, 5.41) is 0. The Bertz CT molecular complexity index is 307. The Morgan fingerprint density at radius 3 is 3.00 bits per heavy atom. The van der Waals surface area contributed by atoms with Crippen molar-refractivity contribution in [3.05, 3.63) is 29.3 Å². The molecular weight excluding hydrogens is 160 g/mol. The molecule has 2 nitrogen and oxygen atoms in total. The van der Waals surface area contributed by atoms with Gasteiger partial charge in [-0.05, 0) is 48.9 Å². The molecule has 2 rings (SSSR count). The van der Waals surface area contributed by atoms with Crippen LogP contribution >= 0.6 is 0 Å². The molecule has 2 heteroatoms. The molecule has 1 aliphatic rings. The first-order valence-corrected chi connectivity index (χ1v) is 4.90. The fraction of sp³-hybridized carbons (Fsp3) is 0.455. The maximum Gasteiger partial charge on any atom is 0.0352 e. The lowest BCUT2D eigenvalue weighted by atomic mass is 9.82. The van der Waals surface area contributed by atoms with Crippen LogP contribution in [0.5, 0.6) is 0 Å². The molecule has 1 aromatic rings. The fourth-order valence-corrected chi connectivity index (χ4v) is 2.27. The molecule has 0 spiro atoms. The number of anilines is 1. The van der Waals surface area contributed by atoms with Crippen LogP contribution in [0.15, 0.2) is 18.2 Å². The fourth-order valence-electron chi connectivity index (χ4n) is 2.27. The zero-order valence-corrected chi connectivity index (χ0v) is 7.79. The number of nitrogen functional groups attached to an aromatic ring is 1. The first-order valence-electron chi connectivity index (χ1n) is 4.90. The van der Waals surface area contributed by atoms with E-state index < -0.39 is 0 Å². The molecule has 0 aliphatic heterocycles. The predicted octanol–water partition coefficient (Wildman–Crippen LogP) is 1.65. The molecule has 13 heavy (non-hydrogen) atoms. The summed E-state index contributed by atoms with van der Waals surface area (Å²) in [5.74, 6) is 0.491. The molecule has 0 fully saturated rings. The van der Waals surface area contributed by atoms with E-state index in [4.69, 9.17) is 11.5 Å². The lowest BCUT2D eigenvalue weighted by molar-refractivity contribution is 0.562. The minimum absolute atomic E-state index is 0.491. The Kier molecular flexibility index (Phi) is 2.23. The van der Waals surface area contributed by atoms with E-state index >= 15 is 0 Å². The second-order valence-electron chi connectivity index (χ2n) is 3.74. The summed E-state index contributed by atoms with van der Waals surface area (Å²) in [6.07, 6.45) is 3.60. The van der Waals surface area contributed by atoms with Gasteiger partial charge in [0.1, 0.15) is 0 Å². The van der Waals surface area contributed by atoms with Gasteiger partial charge in [-0.3, -0.25) is 0 Å². The number of hydrogen-bond donors (Lipinski definition) is 2. The number of aryl methyl sites for hydroxylation is 1. The molecule has 0 heterocycles. The highest BCUT2D eigenvalue weighted by molar-refractivity contribution is 5.54. The van der Waals surface area contributed by atoms with E-state index in [2.05, 4.69) is 6.07 Å². The molecule has 0 saturated heterocycles. The Balaban J connectivity index is 2.47. The summed E-state index contributed by atoms with van der Waals surface area (Å²) >= 11 is 0. The van der Waals surface area contributed by atoms with Crippen LogP contribution in [-0.4, -0.2) is 6.54 Å². The van der Waals surface area contributed by atoms with Crippen LogP contribution in [0.3, 0.4) is 0 Å². The molecule has 0 amide bonds.